The van der Waals surface area contributed by atoms with Crippen molar-refractivity contribution >= 4 is 29.0 Å². The lowest BCUT2D eigenvalue weighted by Crippen LogP contribution is -2.07. The second kappa shape index (κ2) is 6.08. The average molecular weight is 298 g/mol. The van der Waals surface area contributed by atoms with Gasteiger partial charge in [0.1, 0.15) is 22.9 Å². The number of hydrogen-bond donors (Lipinski definition) is 2. The van der Waals surface area contributed by atoms with Crippen molar-refractivity contribution in [3.8, 4) is 5.75 Å². The molecule has 100 valence electrons. The lowest BCUT2D eigenvalue weighted by atomic mass is 10.1. The number of aromatic nitrogens is 2. The van der Waals surface area contributed by atoms with Crippen molar-refractivity contribution in [2.24, 2.45) is 0 Å². The van der Waals surface area contributed by atoms with Crippen molar-refractivity contribution in [3.05, 3.63) is 45.8 Å². The number of aromatic hydroxyl groups is 1. The summed E-state index contributed by atoms with van der Waals surface area (Å²) in [6.45, 7) is 2.49. The summed E-state index contributed by atoms with van der Waals surface area (Å²) < 4.78 is 0. The quantitative estimate of drug-likeness (QED) is 0.907. The molecule has 2 aromatic rings. The molecule has 6 heteroatoms. The van der Waals surface area contributed by atoms with E-state index in [9.17, 15) is 5.11 Å². The second-order valence-electron chi connectivity index (χ2n) is 4.08. The van der Waals surface area contributed by atoms with E-state index in [4.69, 9.17) is 23.2 Å². The summed E-state index contributed by atoms with van der Waals surface area (Å²) in [5, 5.41) is 13.4. The first-order valence-corrected chi connectivity index (χ1v) is 6.52. The number of benzene rings is 1. The van der Waals surface area contributed by atoms with E-state index in [0.29, 0.717) is 22.4 Å². The van der Waals surface area contributed by atoms with Crippen molar-refractivity contribution in [1.82, 2.24) is 9.97 Å². The third-order valence-corrected chi connectivity index (χ3v) is 3.44. The van der Waals surface area contributed by atoms with Crippen LogP contribution in [-0.2, 0) is 6.42 Å². The normalized spacial score (nSPS) is 10.5. The maximum atomic E-state index is 9.33. The summed E-state index contributed by atoms with van der Waals surface area (Å²) in [5.41, 5.74) is 1.77. The van der Waals surface area contributed by atoms with Crippen LogP contribution in [0, 0.1) is 6.92 Å². The third-order valence-electron chi connectivity index (χ3n) is 2.68. The van der Waals surface area contributed by atoms with Gasteiger partial charge in [-0.1, -0.05) is 29.3 Å². The molecule has 0 radical (unpaired) electrons. The van der Waals surface area contributed by atoms with Gasteiger partial charge in [-0.3, -0.25) is 0 Å². The fraction of sp³-hybridized carbons (Fsp3) is 0.231. The summed E-state index contributed by atoms with van der Waals surface area (Å²) in [5.74, 6) is 0.715. The molecule has 0 bridgehead atoms. The predicted molar refractivity (Wildman–Crippen MR) is 77.1 cm³/mol. The van der Waals surface area contributed by atoms with E-state index in [1.807, 2.05) is 13.0 Å². The molecule has 19 heavy (non-hydrogen) atoms. The van der Waals surface area contributed by atoms with Crippen molar-refractivity contribution in [1.29, 1.82) is 0 Å². The summed E-state index contributed by atoms with van der Waals surface area (Å²) in [6, 6.07) is 5.15. The molecule has 0 spiro atoms. The highest BCUT2D eigenvalue weighted by Crippen LogP contribution is 2.24. The number of nitrogens with one attached hydrogen (secondary N) is 1. The topological polar surface area (TPSA) is 58.0 Å². The SMILES string of the molecule is Cc1ncnc(NCCc2ccc(O)c(Cl)c2)c1Cl. The highest BCUT2D eigenvalue weighted by atomic mass is 35.5. The Kier molecular flexibility index (Phi) is 4.45. The van der Waals surface area contributed by atoms with E-state index in [2.05, 4.69) is 15.3 Å². The molecule has 0 aliphatic heterocycles. The molecule has 0 amide bonds. The third kappa shape index (κ3) is 3.49. The van der Waals surface area contributed by atoms with E-state index in [1.54, 1.807) is 12.1 Å². The molecule has 2 rings (SSSR count). The molecule has 4 nitrogen and oxygen atoms in total. The number of aryl methyl sites for hydroxylation is 1. The Morgan fingerprint density at radius 3 is 2.79 bits per heavy atom. The van der Waals surface area contributed by atoms with Gasteiger partial charge in [0.15, 0.2) is 0 Å². The molecule has 0 aliphatic carbocycles. The average Bonchev–Trinajstić information content (AvgIpc) is 2.39. The Labute approximate surface area is 121 Å². The molecule has 1 heterocycles. The number of anilines is 1. The summed E-state index contributed by atoms with van der Waals surface area (Å²) in [4.78, 5) is 8.08. The molecule has 1 aromatic heterocycles. The molecular formula is C13H13Cl2N3O. The maximum Gasteiger partial charge on any atom is 0.148 e. The van der Waals surface area contributed by atoms with Crippen LogP contribution >= 0.6 is 23.2 Å². The molecular weight excluding hydrogens is 285 g/mol. The van der Waals surface area contributed by atoms with Crippen molar-refractivity contribution in [3.63, 3.8) is 0 Å². The van der Waals surface area contributed by atoms with Crippen LogP contribution in [0.2, 0.25) is 10.0 Å². The van der Waals surface area contributed by atoms with E-state index in [1.165, 1.54) is 6.33 Å². The van der Waals surface area contributed by atoms with Crippen LogP contribution in [0.5, 0.6) is 5.75 Å². The molecule has 0 aliphatic rings. The van der Waals surface area contributed by atoms with Crippen LogP contribution in [0.15, 0.2) is 24.5 Å². The Hall–Kier alpha value is -1.52. The Bertz CT molecular complexity index is 590. The standard InChI is InChI=1S/C13H13Cl2N3O/c1-8-12(15)13(18-7-17-8)16-5-4-9-2-3-11(19)10(14)6-9/h2-3,6-7,19H,4-5H2,1H3,(H,16,17,18). The molecule has 2 N–H and O–H groups in total. The fourth-order valence-corrected chi connectivity index (χ4v) is 1.98. The van der Waals surface area contributed by atoms with Crippen molar-refractivity contribution in [2.45, 2.75) is 13.3 Å². The van der Waals surface area contributed by atoms with Gasteiger partial charge >= 0.3 is 0 Å². The Balaban J connectivity index is 1.96. The smallest absolute Gasteiger partial charge is 0.148 e. The maximum absolute atomic E-state index is 9.33. The summed E-state index contributed by atoms with van der Waals surface area (Å²) in [6.07, 6.45) is 2.22. The van der Waals surface area contributed by atoms with Crippen LogP contribution in [0.3, 0.4) is 0 Å². The van der Waals surface area contributed by atoms with Gasteiger partial charge in [-0.2, -0.15) is 0 Å². The first-order chi connectivity index (χ1) is 9.08. The molecule has 1 aromatic carbocycles. The van der Waals surface area contributed by atoms with Gasteiger partial charge in [0.25, 0.3) is 0 Å². The van der Waals surface area contributed by atoms with E-state index >= 15 is 0 Å². The Morgan fingerprint density at radius 2 is 2.05 bits per heavy atom. The number of rotatable bonds is 4. The number of halogens is 2. The number of nitrogens with zero attached hydrogens (tertiary/aromatic N) is 2. The van der Waals surface area contributed by atoms with Gasteiger partial charge < -0.3 is 10.4 Å². The predicted octanol–water partition coefficient (Wildman–Crippen LogP) is 3.45. The zero-order valence-corrected chi connectivity index (χ0v) is 11.8. The minimum Gasteiger partial charge on any atom is -0.506 e. The largest absolute Gasteiger partial charge is 0.506 e. The van der Waals surface area contributed by atoms with Crippen molar-refractivity contribution in [2.75, 3.05) is 11.9 Å². The fourth-order valence-electron chi connectivity index (χ4n) is 1.61. The van der Waals surface area contributed by atoms with Gasteiger partial charge in [-0.25, -0.2) is 9.97 Å². The van der Waals surface area contributed by atoms with Crippen molar-refractivity contribution < 1.29 is 5.11 Å². The van der Waals surface area contributed by atoms with Gasteiger partial charge in [0.2, 0.25) is 0 Å². The van der Waals surface area contributed by atoms with Gasteiger partial charge in [0, 0.05) is 6.54 Å². The van der Waals surface area contributed by atoms with Crippen LogP contribution in [0.25, 0.3) is 0 Å². The minimum absolute atomic E-state index is 0.0906. The minimum atomic E-state index is 0.0906. The first kappa shape index (κ1) is 13.9. The number of hydrogen-bond acceptors (Lipinski definition) is 4. The number of phenolic OH excluding ortho intramolecular Hbond substituents is 1. The van der Waals surface area contributed by atoms with E-state index < -0.39 is 0 Å². The van der Waals surface area contributed by atoms with Crippen LogP contribution < -0.4 is 5.32 Å². The zero-order chi connectivity index (χ0) is 13.8. The zero-order valence-electron chi connectivity index (χ0n) is 10.3. The lowest BCUT2D eigenvalue weighted by molar-refractivity contribution is 0.475. The van der Waals surface area contributed by atoms with Gasteiger partial charge in [0.05, 0.1) is 10.7 Å². The highest BCUT2D eigenvalue weighted by Gasteiger charge is 2.05. The monoisotopic (exact) mass is 297 g/mol. The molecule has 0 unspecified atom stereocenters. The number of phenols is 1. The second-order valence-corrected chi connectivity index (χ2v) is 4.87. The lowest BCUT2D eigenvalue weighted by Gasteiger charge is -2.08. The van der Waals surface area contributed by atoms with Gasteiger partial charge in [-0.05, 0) is 31.0 Å². The van der Waals surface area contributed by atoms with Crippen LogP contribution in [0.1, 0.15) is 11.3 Å². The molecule has 0 atom stereocenters. The molecule has 0 saturated heterocycles. The summed E-state index contributed by atoms with van der Waals surface area (Å²) in [7, 11) is 0. The molecule has 0 fully saturated rings. The van der Waals surface area contributed by atoms with Crippen LogP contribution in [-0.4, -0.2) is 21.6 Å². The summed E-state index contributed by atoms with van der Waals surface area (Å²) >= 11 is 11.9. The molecule has 0 saturated carbocycles. The Morgan fingerprint density at radius 1 is 1.26 bits per heavy atom. The van der Waals surface area contributed by atoms with E-state index in [0.717, 1.165) is 17.7 Å². The van der Waals surface area contributed by atoms with Crippen LogP contribution in [0.4, 0.5) is 5.82 Å². The first-order valence-electron chi connectivity index (χ1n) is 5.76. The highest BCUT2D eigenvalue weighted by molar-refractivity contribution is 6.33. The van der Waals surface area contributed by atoms with E-state index in [-0.39, 0.29) is 5.75 Å². The van der Waals surface area contributed by atoms with Gasteiger partial charge in [-0.15, -0.1) is 0 Å².